The van der Waals surface area contributed by atoms with E-state index in [0.717, 1.165) is 18.7 Å². The lowest BCUT2D eigenvalue weighted by atomic mass is 9.92. The lowest BCUT2D eigenvalue weighted by Gasteiger charge is -2.31. The van der Waals surface area contributed by atoms with Gasteiger partial charge in [0.05, 0.1) is 6.04 Å². The molecule has 0 aliphatic heterocycles. The molecule has 0 saturated carbocycles. The third-order valence-electron chi connectivity index (χ3n) is 4.48. The molecule has 0 aliphatic carbocycles. The first-order valence-electron chi connectivity index (χ1n) is 8.39. The molecule has 1 amide bonds. The molecule has 7 heteroatoms. The number of hydrogen-bond donors (Lipinski definition) is 2. The number of amides is 1. The third kappa shape index (κ3) is 5.96. The lowest BCUT2D eigenvalue weighted by molar-refractivity contribution is -0.126. The average molecular weight is 418 g/mol. The summed E-state index contributed by atoms with van der Waals surface area (Å²) >= 11 is 1.68. The van der Waals surface area contributed by atoms with Crippen molar-refractivity contribution in [3.8, 4) is 0 Å². The Balaban J connectivity index is 0.00000312. The Hall–Kier alpha value is -1.11. The molecular formula is C19H29Cl2N3OS. The van der Waals surface area contributed by atoms with E-state index in [1.165, 1.54) is 5.56 Å². The van der Waals surface area contributed by atoms with E-state index in [9.17, 15) is 4.79 Å². The van der Waals surface area contributed by atoms with Crippen LogP contribution in [0.2, 0.25) is 0 Å². The highest BCUT2D eigenvalue weighted by Gasteiger charge is 2.31. The predicted octanol–water partition coefficient (Wildman–Crippen LogP) is 3.96. The number of hydrogen-bond acceptors (Lipinski definition) is 4. The van der Waals surface area contributed by atoms with Gasteiger partial charge >= 0.3 is 0 Å². The minimum absolute atomic E-state index is 0. The number of carbonyl (C=O) groups excluding carboxylic acids is 1. The molecule has 1 heterocycles. The van der Waals surface area contributed by atoms with Crippen molar-refractivity contribution in [2.75, 3.05) is 19.6 Å². The summed E-state index contributed by atoms with van der Waals surface area (Å²) < 4.78 is 0. The van der Waals surface area contributed by atoms with Crippen LogP contribution in [-0.4, -0.2) is 30.4 Å². The normalized spacial score (nSPS) is 13.9. The van der Waals surface area contributed by atoms with Gasteiger partial charge < -0.3 is 11.1 Å². The van der Waals surface area contributed by atoms with E-state index < -0.39 is 5.54 Å². The van der Waals surface area contributed by atoms with Gasteiger partial charge in [-0.2, -0.15) is 11.3 Å². The van der Waals surface area contributed by atoms with Crippen LogP contribution in [0.3, 0.4) is 0 Å². The highest BCUT2D eigenvalue weighted by atomic mass is 35.5. The molecule has 2 aromatic rings. The largest absolute Gasteiger partial charge is 0.352 e. The smallest absolute Gasteiger partial charge is 0.244 e. The van der Waals surface area contributed by atoms with Crippen LogP contribution in [0.15, 0.2) is 47.2 Å². The van der Waals surface area contributed by atoms with Crippen LogP contribution >= 0.6 is 36.2 Å². The van der Waals surface area contributed by atoms with Gasteiger partial charge in [-0.15, -0.1) is 24.8 Å². The van der Waals surface area contributed by atoms with E-state index in [1.54, 1.807) is 18.3 Å². The van der Waals surface area contributed by atoms with Crippen LogP contribution < -0.4 is 11.1 Å². The van der Waals surface area contributed by atoms with Crippen LogP contribution in [0.5, 0.6) is 0 Å². The van der Waals surface area contributed by atoms with E-state index in [-0.39, 0.29) is 36.8 Å². The van der Waals surface area contributed by atoms with Crippen molar-refractivity contribution in [3.63, 3.8) is 0 Å². The Morgan fingerprint density at radius 1 is 1.19 bits per heavy atom. The first-order chi connectivity index (χ1) is 11.5. The number of halogens is 2. The van der Waals surface area contributed by atoms with Crippen molar-refractivity contribution in [1.82, 2.24) is 10.2 Å². The van der Waals surface area contributed by atoms with Crippen molar-refractivity contribution < 1.29 is 4.79 Å². The number of likely N-dealkylation sites (N-methyl/N-ethyl adjacent to an activating group) is 1. The number of thiophene rings is 1. The van der Waals surface area contributed by atoms with Gasteiger partial charge in [0.1, 0.15) is 5.54 Å². The van der Waals surface area contributed by atoms with Crippen LogP contribution in [0.1, 0.15) is 37.9 Å². The number of nitrogens with one attached hydrogen (secondary N) is 1. The monoisotopic (exact) mass is 417 g/mol. The van der Waals surface area contributed by atoms with Gasteiger partial charge in [0.25, 0.3) is 0 Å². The number of nitrogens with zero attached hydrogens (tertiary/aromatic N) is 1. The fraction of sp³-hybridized carbons (Fsp3) is 0.421. The molecule has 2 atom stereocenters. The van der Waals surface area contributed by atoms with Crippen molar-refractivity contribution in [3.05, 3.63) is 58.3 Å². The maximum absolute atomic E-state index is 12.7. The second kappa shape index (κ2) is 11.6. The molecular weight excluding hydrogens is 389 g/mol. The highest BCUT2D eigenvalue weighted by molar-refractivity contribution is 7.07. The van der Waals surface area contributed by atoms with Crippen molar-refractivity contribution >= 4 is 42.1 Å². The van der Waals surface area contributed by atoms with Gasteiger partial charge in [0.15, 0.2) is 0 Å². The zero-order valence-corrected chi connectivity index (χ0v) is 17.9. The topological polar surface area (TPSA) is 58.4 Å². The summed E-state index contributed by atoms with van der Waals surface area (Å²) in [5.74, 6) is -0.152. The van der Waals surface area contributed by atoms with Crippen molar-refractivity contribution in [1.29, 1.82) is 0 Å². The average Bonchev–Trinajstić information content (AvgIpc) is 3.13. The molecule has 1 aromatic carbocycles. The van der Waals surface area contributed by atoms with E-state index >= 15 is 0 Å². The summed E-state index contributed by atoms with van der Waals surface area (Å²) in [5.41, 5.74) is 7.32. The van der Waals surface area contributed by atoms with Gasteiger partial charge in [-0.3, -0.25) is 9.69 Å². The highest BCUT2D eigenvalue weighted by Crippen LogP contribution is 2.23. The molecule has 4 nitrogen and oxygen atoms in total. The lowest BCUT2D eigenvalue weighted by Crippen LogP contribution is -2.51. The Bertz CT molecular complexity index is 631. The number of rotatable bonds is 8. The fourth-order valence-corrected chi connectivity index (χ4v) is 3.58. The Kier molecular flexibility index (Phi) is 11.1. The standard InChI is InChI=1S/C19H27N3OS.2ClH/c1-4-22(5-2)17(15-11-12-24-14-15)13-21-18(23)19(3,20)16-9-7-6-8-10-16;;/h6-12,14,17H,4-5,13,20H2,1-3H3,(H,21,23);2*1H. The van der Waals surface area contributed by atoms with Crippen LogP contribution in [0.25, 0.3) is 0 Å². The zero-order valence-electron chi connectivity index (χ0n) is 15.5. The zero-order chi connectivity index (χ0) is 17.6. The van der Waals surface area contributed by atoms with E-state index in [0.29, 0.717) is 6.54 Å². The summed E-state index contributed by atoms with van der Waals surface area (Å²) in [7, 11) is 0. The summed E-state index contributed by atoms with van der Waals surface area (Å²) in [6.07, 6.45) is 0. The maximum Gasteiger partial charge on any atom is 0.244 e. The molecule has 0 saturated heterocycles. The number of carbonyl (C=O) groups is 1. The van der Waals surface area contributed by atoms with Crippen LogP contribution in [0, 0.1) is 0 Å². The number of nitrogens with two attached hydrogens (primary N) is 1. The van der Waals surface area contributed by atoms with E-state index in [4.69, 9.17) is 5.73 Å². The molecule has 0 aliphatic rings. The molecule has 0 fully saturated rings. The summed E-state index contributed by atoms with van der Waals surface area (Å²) in [5, 5.41) is 7.28. The molecule has 3 N–H and O–H groups in total. The summed E-state index contributed by atoms with van der Waals surface area (Å²) in [6, 6.07) is 11.8. The van der Waals surface area contributed by atoms with Gasteiger partial charge in [-0.1, -0.05) is 44.2 Å². The second-order valence-corrected chi connectivity index (χ2v) is 6.85. The molecule has 26 heavy (non-hydrogen) atoms. The van der Waals surface area contributed by atoms with Crippen molar-refractivity contribution in [2.24, 2.45) is 5.73 Å². The summed E-state index contributed by atoms with van der Waals surface area (Å²) in [6.45, 7) is 8.46. The fourth-order valence-electron chi connectivity index (χ4n) is 2.88. The van der Waals surface area contributed by atoms with E-state index in [1.807, 2.05) is 30.3 Å². The molecule has 0 radical (unpaired) electrons. The quantitative estimate of drug-likeness (QED) is 0.682. The molecule has 146 valence electrons. The molecule has 1 aromatic heterocycles. The number of benzene rings is 1. The maximum atomic E-state index is 12.7. The SMILES string of the molecule is CCN(CC)C(CNC(=O)C(C)(N)c1ccccc1)c1ccsc1.Cl.Cl. The molecule has 2 unspecified atom stereocenters. The Morgan fingerprint density at radius 3 is 2.31 bits per heavy atom. The van der Waals surface area contributed by atoms with Gasteiger partial charge in [-0.25, -0.2) is 0 Å². The van der Waals surface area contributed by atoms with Crippen LogP contribution in [-0.2, 0) is 10.3 Å². The first-order valence-corrected chi connectivity index (χ1v) is 9.33. The van der Waals surface area contributed by atoms with E-state index in [2.05, 4.69) is 40.9 Å². The van der Waals surface area contributed by atoms with Crippen LogP contribution in [0.4, 0.5) is 0 Å². The Labute approximate surface area is 173 Å². The Morgan fingerprint density at radius 2 is 1.81 bits per heavy atom. The van der Waals surface area contributed by atoms with Crippen molar-refractivity contribution in [2.45, 2.75) is 32.4 Å². The minimum atomic E-state index is -1.04. The predicted molar refractivity (Wildman–Crippen MR) is 115 cm³/mol. The summed E-state index contributed by atoms with van der Waals surface area (Å²) in [4.78, 5) is 15.0. The minimum Gasteiger partial charge on any atom is -0.352 e. The third-order valence-corrected chi connectivity index (χ3v) is 5.18. The van der Waals surface area contributed by atoms with Gasteiger partial charge in [0.2, 0.25) is 5.91 Å². The second-order valence-electron chi connectivity index (χ2n) is 6.07. The molecule has 0 spiro atoms. The van der Waals surface area contributed by atoms with Gasteiger partial charge in [-0.05, 0) is 48.0 Å². The first kappa shape index (κ1) is 24.9. The molecule has 2 rings (SSSR count). The van der Waals surface area contributed by atoms with Gasteiger partial charge in [0, 0.05) is 6.54 Å². The molecule has 0 bridgehead atoms.